The fraction of sp³-hybridized carbons (Fsp3) is 0.600. The molecule has 2 heterocycles. The van der Waals surface area contributed by atoms with Gasteiger partial charge in [-0.2, -0.15) is 0 Å². The van der Waals surface area contributed by atoms with Crippen LogP contribution in [0.4, 0.5) is 5.82 Å². The summed E-state index contributed by atoms with van der Waals surface area (Å²) in [6, 6.07) is 4.03. The standard InChI is InChI=1S/C10H16N6O/c1-8(2)15(6-3-7-17)10-5-4-9-11-13-14-16(9)12-10/h4-5,8,17H,3,6-7H2,1-2H3. The van der Waals surface area contributed by atoms with Gasteiger partial charge in [-0.3, -0.25) is 0 Å². The van der Waals surface area contributed by atoms with Crippen LogP contribution < -0.4 is 4.90 Å². The molecule has 0 aliphatic heterocycles. The minimum Gasteiger partial charge on any atom is -0.396 e. The Hall–Kier alpha value is -1.76. The third-order valence-electron chi connectivity index (χ3n) is 2.53. The summed E-state index contributed by atoms with van der Waals surface area (Å²) in [5.41, 5.74) is 0.625. The summed E-state index contributed by atoms with van der Waals surface area (Å²) in [5, 5.41) is 24.4. The maximum Gasteiger partial charge on any atom is 0.200 e. The van der Waals surface area contributed by atoms with Gasteiger partial charge in [-0.15, -0.1) is 14.8 Å². The Labute approximate surface area is 99.0 Å². The molecule has 2 aromatic heterocycles. The van der Waals surface area contributed by atoms with Crippen LogP contribution in [0.1, 0.15) is 20.3 Å². The van der Waals surface area contributed by atoms with Gasteiger partial charge in [0.2, 0.25) is 0 Å². The van der Waals surface area contributed by atoms with Crippen molar-refractivity contribution in [3.63, 3.8) is 0 Å². The molecule has 0 amide bonds. The summed E-state index contributed by atoms with van der Waals surface area (Å²) in [5.74, 6) is 0.813. The number of hydrogen-bond acceptors (Lipinski definition) is 6. The first kappa shape index (κ1) is 11.7. The molecule has 0 unspecified atom stereocenters. The van der Waals surface area contributed by atoms with Gasteiger partial charge in [0.1, 0.15) is 0 Å². The first-order valence-electron chi connectivity index (χ1n) is 5.65. The van der Waals surface area contributed by atoms with Gasteiger partial charge in [-0.1, -0.05) is 0 Å². The molecule has 0 saturated heterocycles. The van der Waals surface area contributed by atoms with Gasteiger partial charge < -0.3 is 10.0 Å². The van der Waals surface area contributed by atoms with E-state index >= 15 is 0 Å². The second kappa shape index (κ2) is 5.05. The van der Waals surface area contributed by atoms with Crippen molar-refractivity contribution in [3.05, 3.63) is 12.1 Å². The number of nitrogens with zero attached hydrogens (tertiary/aromatic N) is 6. The monoisotopic (exact) mass is 236 g/mol. The highest BCUT2D eigenvalue weighted by Crippen LogP contribution is 2.14. The summed E-state index contributed by atoms with van der Waals surface area (Å²) in [4.78, 5) is 2.11. The highest BCUT2D eigenvalue weighted by atomic mass is 16.3. The van der Waals surface area contributed by atoms with Crippen molar-refractivity contribution in [1.29, 1.82) is 0 Å². The second-order valence-corrected chi connectivity index (χ2v) is 4.08. The van der Waals surface area contributed by atoms with Crippen molar-refractivity contribution in [3.8, 4) is 0 Å². The van der Waals surface area contributed by atoms with Gasteiger partial charge in [-0.05, 0) is 42.8 Å². The summed E-state index contributed by atoms with van der Waals surface area (Å²) < 4.78 is 1.41. The molecule has 0 spiro atoms. The molecular formula is C10H16N6O. The lowest BCUT2D eigenvalue weighted by atomic mass is 10.3. The summed E-state index contributed by atoms with van der Waals surface area (Å²) in [6.07, 6.45) is 0.716. The number of aliphatic hydroxyl groups excluding tert-OH is 1. The van der Waals surface area contributed by atoms with E-state index < -0.39 is 0 Å². The van der Waals surface area contributed by atoms with Crippen molar-refractivity contribution in [1.82, 2.24) is 25.3 Å². The van der Waals surface area contributed by atoms with Crippen molar-refractivity contribution in [2.24, 2.45) is 0 Å². The zero-order chi connectivity index (χ0) is 12.3. The highest BCUT2D eigenvalue weighted by Gasteiger charge is 2.12. The molecule has 0 aromatic carbocycles. The molecular weight excluding hydrogens is 220 g/mol. The average molecular weight is 236 g/mol. The molecule has 7 heteroatoms. The van der Waals surface area contributed by atoms with E-state index in [4.69, 9.17) is 5.11 Å². The smallest absolute Gasteiger partial charge is 0.200 e. The highest BCUT2D eigenvalue weighted by molar-refractivity contribution is 5.44. The van der Waals surface area contributed by atoms with Gasteiger partial charge in [-0.25, -0.2) is 0 Å². The van der Waals surface area contributed by atoms with Crippen LogP contribution in [0.25, 0.3) is 5.65 Å². The lowest BCUT2D eigenvalue weighted by Crippen LogP contribution is -2.33. The summed E-state index contributed by atoms with van der Waals surface area (Å²) in [7, 11) is 0. The predicted octanol–water partition coefficient (Wildman–Crippen LogP) is 0.116. The van der Waals surface area contributed by atoms with Gasteiger partial charge in [0, 0.05) is 19.2 Å². The third kappa shape index (κ3) is 2.50. The molecule has 0 radical (unpaired) electrons. The Morgan fingerprint density at radius 2 is 2.24 bits per heavy atom. The van der Waals surface area contributed by atoms with E-state index in [1.807, 2.05) is 12.1 Å². The third-order valence-corrected chi connectivity index (χ3v) is 2.53. The lowest BCUT2D eigenvalue weighted by molar-refractivity contribution is 0.288. The van der Waals surface area contributed by atoms with E-state index in [9.17, 15) is 0 Å². The SMILES string of the molecule is CC(C)N(CCCO)c1ccc2nnnn2n1. The molecule has 2 rings (SSSR count). The molecule has 0 fully saturated rings. The maximum absolute atomic E-state index is 8.90. The van der Waals surface area contributed by atoms with Crippen LogP contribution in [-0.4, -0.2) is 49.6 Å². The normalized spacial score (nSPS) is 11.3. The molecule has 0 bridgehead atoms. The molecule has 17 heavy (non-hydrogen) atoms. The Morgan fingerprint density at radius 3 is 2.94 bits per heavy atom. The van der Waals surface area contributed by atoms with Crippen molar-refractivity contribution in [2.75, 3.05) is 18.1 Å². The minimum atomic E-state index is 0.177. The fourth-order valence-corrected chi connectivity index (χ4v) is 1.67. The fourth-order valence-electron chi connectivity index (χ4n) is 1.67. The van der Waals surface area contributed by atoms with E-state index in [0.29, 0.717) is 18.1 Å². The Bertz CT molecular complexity index is 482. The predicted molar refractivity (Wildman–Crippen MR) is 62.8 cm³/mol. The molecule has 0 aliphatic rings. The molecule has 1 N–H and O–H groups in total. The zero-order valence-electron chi connectivity index (χ0n) is 9.98. The molecule has 0 atom stereocenters. The maximum atomic E-state index is 8.90. The van der Waals surface area contributed by atoms with Crippen LogP contribution in [0, 0.1) is 0 Å². The van der Waals surface area contributed by atoms with Crippen molar-refractivity contribution < 1.29 is 5.11 Å². The van der Waals surface area contributed by atoms with Crippen LogP contribution >= 0.6 is 0 Å². The number of tetrazole rings is 1. The lowest BCUT2D eigenvalue weighted by Gasteiger charge is -2.27. The summed E-state index contributed by atoms with van der Waals surface area (Å²) >= 11 is 0. The van der Waals surface area contributed by atoms with Gasteiger partial charge in [0.05, 0.1) is 0 Å². The van der Waals surface area contributed by atoms with Gasteiger partial charge in [0.15, 0.2) is 11.5 Å². The first-order chi connectivity index (χ1) is 8.22. The molecule has 0 aliphatic carbocycles. The Morgan fingerprint density at radius 1 is 1.41 bits per heavy atom. The minimum absolute atomic E-state index is 0.177. The van der Waals surface area contributed by atoms with Crippen LogP contribution in [0.15, 0.2) is 12.1 Å². The number of fused-ring (bicyclic) bond motifs is 1. The van der Waals surface area contributed by atoms with Crippen LogP contribution in [0.2, 0.25) is 0 Å². The van der Waals surface area contributed by atoms with E-state index in [1.54, 1.807) is 0 Å². The van der Waals surface area contributed by atoms with Crippen LogP contribution in [0.5, 0.6) is 0 Å². The molecule has 2 aromatic rings. The topological polar surface area (TPSA) is 79.4 Å². The van der Waals surface area contributed by atoms with E-state index in [-0.39, 0.29) is 6.61 Å². The molecule has 0 saturated carbocycles. The number of aliphatic hydroxyl groups is 1. The second-order valence-electron chi connectivity index (χ2n) is 4.08. The number of hydrogen-bond donors (Lipinski definition) is 1. The zero-order valence-corrected chi connectivity index (χ0v) is 9.98. The first-order valence-corrected chi connectivity index (χ1v) is 5.65. The van der Waals surface area contributed by atoms with E-state index in [0.717, 1.165) is 12.4 Å². The van der Waals surface area contributed by atoms with Crippen molar-refractivity contribution >= 4 is 11.5 Å². The molecule has 7 nitrogen and oxygen atoms in total. The van der Waals surface area contributed by atoms with Gasteiger partial charge >= 0.3 is 0 Å². The quantitative estimate of drug-likeness (QED) is 0.794. The largest absolute Gasteiger partial charge is 0.396 e. The number of anilines is 1. The number of rotatable bonds is 5. The van der Waals surface area contributed by atoms with E-state index in [1.165, 1.54) is 4.63 Å². The van der Waals surface area contributed by atoms with Crippen LogP contribution in [-0.2, 0) is 0 Å². The van der Waals surface area contributed by atoms with Crippen LogP contribution in [0.3, 0.4) is 0 Å². The number of aromatic nitrogens is 5. The Balaban J connectivity index is 2.27. The van der Waals surface area contributed by atoms with E-state index in [2.05, 4.69) is 39.4 Å². The molecule has 92 valence electrons. The van der Waals surface area contributed by atoms with Crippen molar-refractivity contribution in [2.45, 2.75) is 26.3 Å². The van der Waals surface area contributed by atoms with Gasteiger partial charge in [0.25, 0.3) is 0 Å². The average Bonchev–Trinajstić information content (AvgIpc) is 2.76. The Kier molecular flexibility index (Phi) is 3.48. The summed E-state index contributed by atoms with van der Waals surface area (Å²) in [6.45, 7) is 5.11.